The lowest BCUT2D eigenvalue weighted by molar-refractivity contribution is -0.138. The molecule has 1 fully saturated rings. The van der Waals surface area contributed by atoms with Gasteiger partial charge in [-0.1, -0.05) is 32.0 Å². The van der Waals surface area contributed by atoms with E-state index in [1.165, 1.54) is 4.90 Å². The summed E-state index contributed by atoms with van der Waals surface area (Å²) in [6.45, 7) is 6.26. The number of aryl methyl sites for hydroxylation is 1. The zero-order valence-corrected chi connectivity index (χ0v) is 13.3. The first-order valence-electron chi connectivity index (χ1n) is 7.62. The molecule has 118 valence electrons. The predicted molar refractivity (Wildman–Crippen MR) is 84.5 cm³/mol. The quantitative estimate of drug-likeness (QED) is 0.850. The van der Waals surface area contributed by atoms with E-state index in [1.54, 1.807) is 0 Å². The highest BCUT2D eigenvalue weighted by molar-refractivity contribution is 6.02. The molecule has 22 heavy (non-hydrogen) atoms. The Labute approximate surface area is 130 Å². The largest absolute Gasteiger partial charge is 0.326 e. The summed E-state index contributed by atoms with van der Waals surface area (Å²) in [6, 6.07) is 5.93. The number of anilines is 1. The Balaban J connectivity index is 2.01. The molecule has 1 aliphatic rings. The number of rotatable bonds is 5. The molecule has 0 saturated carbocycles. The van der Waals surface area contributed by atoms with Crippen molar-refractivity contribution < 1.29 is 14.4 Å². The first-order valence-corrected chi connectivity index (χ1v) is 7.62. The second kappa shape index (κ2) is 6.73. The average Bonchev–Trinajstić information content (AvgIpc) is 2.77. The molecule has 1 N–H and O–H groups in total. The maximum atomic E-state index is 12.1. The van der Waals surface area contributed by atoms with Crippen LogP contribution in [0.5, 0.6) is 0 Å². The van der Waals surface area contributed by atoms with Crippen LogP contribution in [0.2, 0.25) is 0 Å². The molecule has 2 rings (SSSR count). The second-order valence-electron chi connectivity index (χ2n) is 5.93. The molecule has 0 radical (unpaired) electrons. The zero-order valence-electron chi connectivity index (χ0n) is 13.3. The minimum absolute atomic E-state index is 0.128. The molecule has 0 aromatic heterocycles. The third kappa shape index (κ3) is 3.53. The molecule has 1 saturated heterocycles. The Morgan fingerprint density at radius 1 is 1.23 bits per heavy atom. The van der Waals surface area contributed by atoms with Gasteiger partial charge in [0, 0.05) is 31.5 Å². The molecule has 5 heteroatoms. The van der Waals surface area contributed by atoms with Gasteiger partial charge in [-0.15, -0.1) is 0 Å². The van der Waals surface area contributed by atoms with Crippen LogP contribution >= 0.6 is 0 Å². The normalized spacial score (nSPS) is 14.8. The van der Waals surface area contributed by atoms with Crippen molar-refractivity contribution >= 4 is 23.4 Å². The lowest BCUT2D eigenvalue weighted by Crippen LogP contribution is -2.32. The monoisotopic (exact) mass is 302 g/mol. The van der Waals surface area contributed by atoms with E-state index in [2.05, 4.69) is 19.2 Å². The molecule has 0 spiro atoms. The van der Waals surface area contributed by atoms with Gasteiger partial charge in [-0.3, -0.25) is 19.3 Å². The van der Waals surface area contributed by atoms with Gasteiger partial charge in [0.15, 0.2) is 0 Å². The number of carbonyl (C=O) groups is 3. The maximum absolute atomic E-state index is 12.1. The average molecular weight is 302 g/mol. The van der Waals surface area contributed by atoms with Crippen molar-refractivity contribution in [3.8, 4) is 0 Å². The van der Waals surface area contributed by atoms with Crippen LogP contribution in [0.15, 0.2) is 18.2 Å². The van der Waals surface area contributed by atoms with Crippen LogP contribution in [-0.2, 0) is 14.4 Å². The second-order valence-corrected chi connectivity index (χ2v) is 5.93. The summed E-state index contributed by atoms with van der Waals surface area (Å²) >= 11 is 0. The predicted octanol–water partition coefficient (Wildman–Crippen LogP) is 2.60. The molecule has 0 bridgehead atoms. The Morgan fingerprint density at radius 2 is 1.86 bits per heavy atom. The van der Waals surface area contributed by atoms with Gasteiger partial charge >= 0.3 is 0 Å². The standard InChI is InChI=1S/C17H22N2O3/c1-11(2)13-6-4-5-12(3)17(13)18-14(20)9-10-19-15(21)7-8-16(19)22/h4-6,11H,7-10H2,1-3H3,(H,18,20). The number of likely N-dealkylation sites (tertiary alicyclic amines) is 1. The number of carbonyl (C=O) groups excluding carboxylic acids is 3. The van der Waals surface area contributed by atoms with Crippen molar-refractivity contribution in [3.05, 3.63) is 29.3 Å². The summed E-state index contributed by atoms with van der Waals surface area (Å²) in [5.74, 6) is -0.242. The van der Waals surface area contributed by atoms with E-state index in [4.69, 9.17) is 0 Å². The number of benzene rings is 1. The minimum Gasteiger partial charge on any atom is -0.326 e. The van der Waals surface area contributed by atoms with Crippen molar-refractivity contribution in [2.24, 2.45) is 0 Å². The van der Waals surface area contributed by atoms with E-state index in [-0.39, 0.29) is 43.5 Å². The minimum atomic E-state index is -0.184. The highest BCUT2D eigenvalue weighted by atomic mass is 16.2. The fourth-order valence-electron chi connectivity index (χ4n) is 2.63. The molecule has 5 nitrogen and oxygen atoms in total. The van der Waals surface area contributed by atoms with Crippen LogP contribution in [0.1, 0.15) is 50.2 Å². The molecule has 1 heterocycles. The number of amides is 3. The first kappa shape index (κ1) is 16.2. The molecule has 0 aliphatic carbocycles. The van der Waals surface area contributed by atoms with Gasteiger partial charge in [0.25, 0.3) is 0 Å². The first-order chi connectivity index (χ1) is 10.4. The Morgan fingerprint density at radius 3 is 2.45 bits per heavy atom. The van der Waals surface area contributed by atoms with Crippen molar-refractivity contribution in [3.63, 3.8) is 0 Å². The van der Waals surface area contributed by atoms with E-state index in [1.807, 2.05) is 25.1 Å². The number of nitrogens with one attached hydrogen (secondary N) is 1. The molecule has 1 aliphatic heterocycles. The molecular weight excluding hydrogens is 280 g/mol. The number of para-hydroxylation sites is 1. The number of nitrogens with zero attached hydrogens (tertiary/aromatic N) is 1. The van der Waals surface area contributed by atoms with Gasteiger partial charge in [-0.25, -0.2) is 0 Å². The highest BCUT2D eigenvalue weighted by Crippen LogP contribution is 2.27. The van der Waals surface area contributed by atoms with Gasteiger partial charge in [0.05, 0.1) is 0 Å². The molecule has 0 unspecified atom stereocenters. The van der Waals surface area contributed by atoms with Crippen LogP contribution in [0.25, 0.3) is 0 Å². The lowest BCUT2D eigenvalue weighted by Gasteiger charge is -2.17. The van der Waals surface area contributed by atoms with Crippen LogP contribution in [0, 0.1) is 6.92 Å². The van der Waals surface area contributed by atoms with Crippen molar-refractivity contribution in [1.29, 1.82) is 0 Å². The third-order valence-corrected chi connectivity index (χ3v) is 3.91. The van der Waals surface area contributed by atoms with Crippen molar-refractivity contribution in [2.45, 2.75) is 46.0 Å². The smallest absolute Gasteiger partial charge is 0.229 e. The van der Waals surface area contributed by atoms with Gasteiger partial charge in [0.1, 0.15) is 0 Å². The maximum Gasteiger partial charge on any atom is 0.229 e. The summed E-state index contributed by atoms with van der Waals surface area (Å²) in [4.78, 5) is 36.4. The zero-order chi connectivity index (χ0) is 16.3. The molecular formula is C17H22N2O3. The van der Waals surface area contributed by atoms with E-state index < -0.39 is 0 Å². The Hall–Kier alpha value is -2.17. The van der Waals surface area contributed by atoms with Gasteiger partial charge in [-0.05, 0) is 24.0 Å². The summed E-state index contributed by atoms with van der Waals surface area (Å²) in [7, 11) is 0. The van der Waals surface area contributed by atoms with Crippen molar-refractivity contribution in [2.75, 3.05) is 11.9 Å². The fourth-order valence-corrected chi connectivity index (χ4v) is 2.63. The highest BCUT2D eigenvalue weighted by Gasteiger charge is 2.28. The Kier molecular flexibility index (Phi) is 4.96. The van der Waals surface area contributed by atoms with Crippen LogP contribution in [0.4, 0.5) is 5.69 Å². The van der Waals surface area contributed by atoms with Gasteiger partial charge in [0.2, 0.25) is 17.7 Å². The van der Waals surface area contributed by atoms with Crippen LogP contribution in [-0.4, -0.2) is 29.2 Å². The summed E-state index contributed by atoms with van der Waals surface area (Å²) in [5.41, 5.74) is 2.93. The van der Waals surface area contributed by atoms with Gasteiger partial charge < -0.3 is 5.32 Å². The molecule has 1 aromatic rings. The summed E-state index contributed by atoms with van der Waals surface area (Å²) < 4.78 is 0. The lowest BCUT2D eigenvalue weighted by atomic mass is 9.98. The van der Waals surface area contributed by atoms with Crippen LogP contribution in [0.3, 0.4) is 0 Å². The van der Waals surface area contributed by atoms with Gasteiger partial charge in [-0.2, -0.15) is 0 Å². The number of hydrogen-bond acceptors (Lipinski definition) is 3. The topological polar surface area (TPSA) is 66.5 Å². The van der Waals surface area contributed by atoms with E-state index in [9.17, 15) is 14.4 Å². The summed E-state index contributed by atoms with van der Waals surface area (Å²) in [5, 5.41) is 2.93. The number of imide groups is 1. The van der Waals surface area contributed by atoms with Crippen molar-refractivity contribution in [1.82, 2.24) is 4.90 Å². The Bertz CT molecular complexity index is 592. The number of hydrogen-bond donors (Lipinski definition) is 1. The third-order valence-electron chi connectivity index (χ3n) is 3.91. The molecule has 0 atom stereocenters. The summed E-state index contributed by atoms with van der Waals surface area (Å²) in [6.07, 6.45) is 0.648. The fraction of sp³-hybridized carbons (Fsp3) is 0.471. The van der Waals surface area contributed by atoms with E-state index in [0.717, 1.165) is 16.8 Å². The molecule has 1 aromatic carbocycles. The molecule has 3 amide bonds. The van der Waals surface area contributed by atoms with Crippen LogP contribution < -0.4 is 5.32 Å². The van der Waals surface area contributed by atoms with E-state index >= 15 is 0 Å². The van der Waals surface area contributed by atoms with E-state index in [0.29, 0.717) is 5.92 Å². The SMILES string of the molecule is Cc1cccc(C(C)C)c1NC(=O)CCN1C(=O)CCC1=O.